The molecule has 0 aliphatic heterocycles. The molecule has 0 saturated heterocycles. The first-order chi connectivity index (χ1) is 6.90. The fraction of sp³-hybridized carbons (Fsp3) is 0. The molecule has 2 aromatic rings. The highest BCUT2D eigenvalue weighted by Gasteiger charge is 2.01. The van der Waals surface area contributed by atoms with E-state index in [1.165, 1.54) is 11.5 Å². The van der Waals surface area contributed by atoms with Crippen LogP contribution in [0.2, 0.25) is 0 Å². The van der Waals surface area contributed by atoms with Crippen LogP contribution in [0.25, 0.3) is 11.3 Å². The third kappa shape index (κ3) is 1.77. The van der Waals surface area contributed by atoms with Crippen molar-refractivity contribution in [3.8, 4) is 17.0 Å². The molecule has 70 valence electrons. The fourth-order valence-corrected chi connectivity index (χ4v) is 1.54. The van der Waals surface area contributed by atoms with Gasteiger partial charge in [-0.05, 0) is 23.7 Å². The number of carbonyl (C=O) groups excluding carboxylic acids is 1. The fourth-order valence-electron chi connectivity index (χ4n) is 1.07. The van der Waals surface area contributed by atoms with E-state index in [9.17, 15) is 4.79 Å². The van der Waals surface area contributed by atoms with Crippen LogP contribution >= 0.6 is 11.5 Å². The van der Waals surface area contributed by atoms with Crippen LogP contribution in [0, 0.1) is 0 Å². The van der Waals surface area contributed by atoms with E-state index in [0.29, 0.717) is 12.2 Å². The summed E-state index contributed by atoms with van der Waals surface area (Å²) < 4.78 is 8.47. The van der Waals surface area contributed by atoms with E-state index in [2.05, 4.69) is 9.59 Å². The maximum absolute atomic E-state index is 10.1. The molecule has 0 bridgehead atoms. The molecule has 0 amide bonds. The molecule has 1 aromatic heterocycles. The summed E-state index contributed by atoms with van der Waals surface area (Å²) in [7, 11) is 0. The molecule has 14 heavy (non-hydrogen) atoms. The van der Waals surface area contributed by atoms with E-state index >= 15 is 0 Å². The first-order valence-corrected chi connectivity index (χ1v) is 4.71. The lowest BCUT2D eigenvalue weighted by Gasteiger charge is -1.99. The summed E-state index contributed by atoms with van der Waals surface area (Å²) in [6, 6.07) is 7.13. The van der Waals surface area contributed by atoms with Gasteiger partial charge in [0.25, 0.3) is 6.47 Å². The molecule has 2 rings (SSSR count). The van der Waals surface area contributed by atoms with E-state index < -0.39 is 0 Å². The highest BCUT2D eigenvalue weighted by molar-refractivity contribution is 7.03. The number of aromatic nitrogens is 2. The predicted molar refractivity (Wildman–Crippen MR) is 52.0 cm³/mol. The molecule has 1 heterocycles. The SMILES string of the molecule is O=COc1cccc(-c2csnn2)c1. The zero-order valence-electron chi connectivity index (χ0n) is 7.08. The van der Waals surface area contributed by atoms with Crippen LogP contribution in [0.3, 0.4) is 0 Å². The lowest BCUT2D eigenvalue weighted by Crippen LogP contribution is -1.88. The van der Waals surface area contributed by atoms with Gasteiger partial charge < -0.3 is 4.74 Å². The summed E-state index contributed by atoms with van der Waals surface area (Å²) in [5.74, 6) is 0.505. The molecule has 0 saturated carbocycles. The molecule has 1 aromatic carbocycles. The van der Waals surface area contributed by atoms with E-state index in [4.69, 9.17) is 4.74 Å². The Balaban J connectivity index is 2.35. The topological polar surface area (TPSA) is 52.1 Å². The van der Waals surface area contributed by atoms with E-state index in [1.807, 2.05) is 11.4 Å². The van der Waals surface area contributed by atoms with Crippen molar-refractivity contribution >= 4 is 18.0 Å². The number of hydrogen-bond donors (Lipinski definition) is 0. The minimum Gasteiger partial charge on any atom is -0.429 e. The highest BCUT2D eigenvalue weighted by atomic mass is 32.1. The van der Waals surface area contributed by atoms with Crippen LogP contribution in [0.4, 0.5) is 0 Å². The van der Waals surface area contributed by atoms with Crippen molar-refractivity contribution in [2.24, 2.45) is 0 Å². The molecule has 0 aliphatic carbocycles. The minimum atomic E-state index is 0.401. The number of benzene rings is 1. The summed E-state index contributed by atoms with van der Waals surface area (Å²) in [5.41, 5.74) is 1.67. The Labute approximate surface area is 84.3 Å². The van der Waals surface area contributed by atoms with Crippen molar-refractivity contribution in [1.82, 2.24) is 9.59 Å². The molecule has 0 spiro atoms. The van der Waals surface area contributed by atoms with Gasteiger partial charge in [0.1, 0.15) is 11.4 Å². The molecule has 0 aliphatic rings. The van der Waals surface area contributed by atoms with Gasteiger partial charge in [-0.1, -0.05) is 16.6 Å². The molecule has 0 unspecified atom stereocenters. The van der Waals surface area contributed by atoms with E-state index in [-0.39, 0.29) is 0 Å². The minimum absolute atomic E-state index is 0.401. The van der Waals surface area contributed by atoms with Gasteiger partial charge in [-0.15, -0.1) is 5.10 Å². The molecule has 0 N–H and O–H groups in total. The lowest BCUT2D eigenvalue weighted by molar-refractivity contribution is -0.120. The van der Waals surface area contributed by atoms with Crippen molar-refractivity contribution in [2.75, 3.05) is 0 Å². The second-order valence-electron chi connectivity index (χ2n) is 2.53. The summed E-state index contributed by atoms with van der Waals surface area (Å²) >= 11 is 1.28. The Bertz CT molecular complexity index is 428. The van der Waals surface area contributed by atoms with E-state index in [0.717, 1.165) is 11.3 Å². The number of hydrogen-bond acceptors (Lipinski definition) is 5. The largest absolute Gasteiger partial charge is 0.429 e. The highest BCUT2D eigenvalue weighted by Crippen LogP contribution is 2.22. The Kier molecular flexibility index (Phi) is 2.51. The van der Waals surface area contributed by atoms with Crippen molar-refractivity contribution < 1.29 is 9.53 Å². The van der Waals surface area contributed by atoms with Gasteiger partial charge in [-0.3, -0.25) is 4.79 Å². The standard InChI is InChI=1S/C9H6N2O2S/c12-6-13-8-3-1-2-7(4-8)9-5-14-11-10-9/h1-6H. The van der Waals surface area contributed by atoms with Crippen LogP contribution < -0.4 is 4.74 Å². The molecular weight excluding hydrogens is 200 g/mol. The molecular formula is C9H6N2O2S. The number of nitrogens with zero attached hydrogens (tertiary/aromatic N) is 2. The normalized spacial score (nSPS) is 9.71. The zero-order chi connectivity index (χ0) is 9.80. The smallest absolute Gasteiger partial charge is 0.298 e. The number of carbonyl (C=O) groups is 1. The van der Waals surface area contributed by atoms with Crippen LogP contribution in [-0.4, -0.2) is 16.1 Å². The third-order valence-corrected chi connectivity index (χ3v) is 2.18. The summed E-state index contributed by atoms with van der Waals surface area (Å²) in [4.78, 5) is 10.1. The van der Waals surface area contributed by atoms with Crippen molar-refractivity contribution in [1.29, 1.82) is 0 Å². The number of rotatable bonds is 3. The monoisotopic (exact) mass is 206 g/mol. The quantitative estimate of drug-likeness (QED) is 0.718. The molecule has 0 radical (unpaired) electrons. The van der Waals surface area contributed by atoms with Gasteiger partial charge in [0, 0.05) is 10.9 Å². The van der Waals surface area contributed by atoms with Crippen LogP contribution in [0.1, 0.15) is 0 Å². The Morgan fingerprint density at radius 1 is 1.43 bits per heavy atom. The summed E-state index contributed by atoms with van der Waals surface area (Å²) in [6.45, 7) is 0.401. The van der Waals surface area contributed by atoms with Gasteiger partial charge in [0.2, 0.25) is 0 Å². The molecule has 0 fully saturated rings. The molecule has 5 heteroatoms. The van der Waals surface area contributed by atoms with Gasteiger partial charge in [0.05, 0.1) is 0 Å². The molecule has 0 atom stereocenters. The summed E-state index contributed by atoms with van der Waals surface area (Å²) in [5, 5.41) is 5.75. The van der Waals surface area contributed by atoms with E-state index in [1.54, 1.807) is 18.2 Å². The van der Waals surface area contributed by atoms with Gasteiger partial charge in [-0.2, -0.15) is 0 Å². The number of ether oxygens (including phenoxy) is 1. The third-order valence-electron chi connectivity index (χ3n) is 1.67. The zero-order valence-corrected chi connectivity index (χ0v) is 7.90. The van der Waals surface area contributed by atoms with Crippen molar-refractivity contribution in [2.45, 2.75) is 0 Å². The Hall–Kier alpha value is -1.75. The Morgan fingerprint density at radius 2 is 2.36 bits per heavy atom. The average Bonchev–Trinajstić information content (AvgIpc) is 2.71. The summed E-state index contributed by atoms with van der Waals surface area (Å²) in [6.07, 6.45) is 0. The van der Waals surface area contributed by atoms with Gasteiger partial charge in [-0.25, -0.2) is 0 Å². The second kappa shape index (κ2) is 3.97. The first-order valence-electron chi connectivity index (χ1n) is 3.88. The lowest BCUT2D eigenvalue weighted by atomic mass is 10.2. The van der Waals surface area contributed by atoms with Crippen molar-refractivity contribution in [3.05, 3.63) is 29.6 Å². The predicted octanol–water partition coefficient (Wildman–Crippen LogP) is 1.74. The second-order valence-corrected chi connectivity index (χ2v) is 3.14. The van der Waals surface area contributed by atoms with Crippen LogP contribution in [-0.2, 0) is 4.79 Å². The maximum Gasteiger partial charge on any atom is 0.298 e. The van der Waals surface area contributed by atoms with Crippen molar-refractivity contribution in [3.63, 3.8) is 0 Å². The molecule has 4 nitrogen and oxygen atoms in total. The van der Waals surface area contributed by atoms with Gasteiger partial charge in [0.15, 0.2) is 0 Å². The van der Waals surface area contributed by atoms with Crippen LogP contribution in [0.15, 0.2) is 29.6 Å². The van der Waals surface area contributed by atoms with Gasteiger partial charge >= 0.3 is 0 Å². The first kappa shape index (κ1) is 8.83. The Morgan fingerprint density at radius 3 is 3.07 bits per heavy atom. The van der Waals surface area contributed by atoms with Crippen LogP contribution in [0.5, 0.6) is 5.75 Å². The average molecular weight is 206 g/mol. The maximum atomic E-state index is 10.1.